The number of rotatable bonds is 5. The minimum absolute atomic E-state index is 0.546. The summed E-state index contributed by atoms with van der Waals surface area (Å²) in [5.41, 5.74) is 11.2. The normalized spacial score (nSPS) is 11.9. The molecule has 12 rings (SSSR count). The molecule has 4 heterocycles. The zero-order chi connectivity index (χ0) is 37.5. The molecule has 6 heteroatoms. The smallest absolute Gasteiger partial charge is 0.238 e. The molecule has 0 spiro atoms. The summed E-state index contributed by atoms with van der Waals surface area (Å²) in [6.45, 7) is 0. The van der Waals surface area contributed by atoms with Crippen LogP contribution in [0.1, 0.15) is 0 Å². The monoisotopic (exact) mass is 729 g/mol. The maximum absolute atomic E-state index is 6.33. The molecule has 0 saturated carbocycles. The van der Waals surface area contributed by atoms with Gasteiger partial charge in [0.2, 0.25) is 5.95 Å². The molecule has 266 valence electrons. The Bertz CT molecular complexity index is 3510. The van der Waals surface area contributed by atoms with Gasteiger partial charge in [-0.1, -0.05) is 133 Å². The molecule has 0 saturated heterocycles. The minimum atomic E-state index is 0.546. The zero-order valence-electron chi connectivity index (χ0n) is 30.5. The predicted octanol–water partition coefficient (Wildman–Crippen LogP) is 13.0. The quantitative estimate of drug-likeness (QED) is 0.177. The van der Waals surface area contributed by atoms with Crippen LogP contribution in [0.15, 0.2) is 192 Å². The van der Waals surface area contributed by atoms with E-state index in [9.17, 15) is 0 Å². The highest BCUT2D eigenvalue weighted by atomic mass is 16.3. The predicted molar refractivity (Wildman–Crippen MR) is 232 cm³/mol. The summed E-state index contributed by atoms with van der Waals surface area (Å²) in [6.07, 6.45) is 0. The molecule has 0 fully saturated rings. The van der Waals surface area contributed by atoms with Crippen molar-refractivity contribution in [2.45, 2.75) is 0 Å². The summed E-state index contributed by atoms with van der Waals surface area (Å²) in [4.78, 5) is 15.7. The van der Waals surface area contributed by atoms with Gasteiger partial charge in [0.15, 0.2) is 11.6 Å². The second-order valence-electron chi connectivity index (χ2n) is 14.5. The van der Waals surface area contributed by atoms with Gasteiger partial charge in [0, 0.05) is 49.1 Å². The summed E-state index contributed by atoms with van der Waals surface area (Å²) in [6, 6.07) is 65.6. The van der Waals surface area contributed by atoms with Crippen LogP contribution in [0.4, 0.5) is 0 Å². The van der Waals surface area contributed by atoms with Gasteiger partial charge >= 0.3 is 0 Å². The number of aromatic nitrogens is 5. The van der Waals surface area contributed by atoms with Gasteiger partial charge in [-0.3, -0.25) is 4.57 Å². The molecule has 0 aliphatic rings. The third-order valence-electron chi connectivity index (χ3n) is 11.2. The Kier molecular flexibility index (Phi) is 6.83. The van der Waals surface area contributed by atoms with Gasteiger partial charge in [-0.2, -0.15) is 9.97 Å². The van der Waals surface area contributed by atoms with Crippen molar-refractivity contribution in [1.82, 2.24) is 24.1 Å². The van der Waals surface area contributed by atoms with Crippen molar-refractivity contribution in [3.63, 3.8) is 0 Å². The van der Waals surface area contributed by atoms with Crippen LogP contribution < -0.4 is 0 Å². The maximum atomic E-state index is 6.33. The van der Waals surface area contributed by atoms with Crippen LogP contribution in [0.3, 0.4) is 0 Å². The van der Waals surface area contributed by atoms with Gasteiger partial charge < -0.3 is 8.98 Å². The first-order valence-corrected chi connectivity index (χ1v) is 19.1. The Morgan fingerprint density at radius 3 is 1.54 bits per heavy atom. The van der Waals surface area contributed by atoms with E-state index in [1.54, 1.807) is 0 Å². The van der Waals surface area contributed by atoms with Gasteiger partial charge in [0.05, 0.1) is 22.1 Å². The van der Waals surface area contributed by atoms with E-state index in [1.807, 2.05) is 30.3 Å². The fraction of sp³-hybridized carbons (Fsp3) is 0. The lowest BCUT2D eigenvalue weighted by atomic mass is 10.0. The number of furan rings is 1. The molecule has 0 atom stereocenters. The van der Waals surface area contributed by atoms with E-state index >= 15 is 0 Å². The Morgan fingerprint density at radius 2 is 0.825 bits per heavy atom. The number of para-hydroxylation sites is 4. The van der Waals surface area contributed by atoms with E-state index in [0.29, 0.717) is 17.6 Å². The van der Waals surface area contributed by atoms with Gasteiger partial charge in [-0.15, -0.1) is 0 Å². The van der Waals surface area contributed by atoms with E-state index in [2.05, 4.69) is 167 Å². The lowest BCUT2D eigenvalue weighted by Crippen LogP contribution is -2.06. The number of hydrogen-bond acceptors (Lipinski definition) is 4. The Hall–Kier alpha value is -7.83. The van der Waals surface area contributed by atoms with Crippen molar-refractivity contribution in [3.05, 3.63) is 188 Å². The second kappa shape index (κ2) is 12.3. The molecule has 0 aliphatic heterocycles. The molecule has 4 aromatic heterocycles. The van der Waals surface area contributed by atoms with Crippen LogP contribution in [-0.4, -0.2) is 24.1 Å². The molecule has 0 aliphatic carbocycles. The summed E-state index contributed by atoms with van der Waals surface area (Å²) in [7, 11) is 0. The summed E-state index contributed by atoms with van der Waals surface area (Å²) < 4.78 is 10.9. The molecule has 12 aromatic rings. The Balaban J connectivity index is 1.12. The molecule has 8 aromatic carbocycles. The molecule has 0 radical (unpaired) electrons. The molecule has 0 amide bonds. The van der Waals surface area contributed by atoms with Crippen molar-refractivity contribution >= 4 is 65.6 Å². The Morgan fingerprint density at radius 1 is 0.316 bits per heavy atom. The molecular weight excluding hydrogens is 699 g/mol. The van der Waals surface area contributed by atoms with E-state index in [0.717, 1.165) is 88.1 Å². The van der Waals surface area contributed by atoms with Crippen molar-refractivity contribution in [2.24, 2.45) is 0 Å². The fourth-order valence-corrected chi connectivity index (χ4v) is 8.53. The first-order valence-electron chi connectivity index (χ1n) is 19.1. The van der Waals surface area contributed by atoms with Crippen LogP contribution >= 0.6 is 0 Å². The van der Waals surface area contributed by atoms with Gasteiger partial charge in [-0.25, -0.2) is 4.98 Å². The Labute approximate surface area is 326 Å². The van der Waals surface area contributed by atoms with Gasteiger partial charge in [0.25, 0.3) is 0 Å². The fourth-order valence-electron chi connectivity index (χ4n) is 8.53. The SMILES string of the molecule is c1ccc(-c2ccc(-c3nc(-c4ccc5c(c4)oc4ccccc45)nc(-n4c5ccccc5c5cc6c(cc54)c4ccccc4n6-c4ccccc4)n3)cc2)cc1. The molecule has 0 unspecified atom stereocenters. The van der Waals surface area contributed by atoms with Crippen molar-refractivity contribution in [3.8, 4) is 45.5 Å². The van der Waals surface area contributed by atoms with Crippen molar-refractivity contribution in [1.29, 1.82) is 0 Å². The molecule has 57 heavy (non-hydrogen) atoms. The summed E-state index contributed by atoms with van der Waals surface area (Å²) >= 11 is 0. The van der Waals surface area contributed by atoms with E-state index < -0.39 is 0 Å². The third-order valence-corrected chi connectivity index (χ3v) is 11.2. The standard InChI is InChI=1S/C51H31N5O/c1-3-13-32(14-4-1)33-23-25-34(26-24-33)49-52-50(35-27-28-40-39-19-9-12-22-47(39)57-48(40)29-35)54-51(53-49)56-44-21-11-8-18-38(44)42-30-45-41(31-46(42)56)37-17-7-10-20-43(37)55(45)36-15-5-2-6-16-36/h1-31H. The second-order valence-corrected chi connectivity index (χ2v) is 14.5. The lowest BCUT2D eigenvalue weighted by Gasteiger charge is -2.11. The molecule has 0 N–H and O–H groups in total. The average Bonchev–Trinajstić information content (AvgIpc) is 3.93. The van der Waals surface area contributed by atoms with Gasteiger partial charge in [-0.05, 0) is 65.7 Å². The highest BCUT2D eigenvalue weighted by molar-refractivity contribution is 6.19. The lowest BCUT2D eigenvalue weighted by molar-refractivity contribution is 0.669. The minimum Gasteiger partial charge on any atom is -0.456 e. The molecule has 0 bridgehead atoms. The van der Waals surface area contributed by atoms with E-state index in [-0.39, 0.29) is 0 Å². The summed E-state index contributed by atoms with van der Waals surface area (Å²) in [5, 5.41) is 6.73. The number of benzene rings is 8. The number of fused-ring (bicyclic) bond motifs is 9. The molecular formula is C51H31N5O. The topological polar surface area (TPSA) is 61.7 Å². The zero-order valence-corrected chi connectivity index (χ0v) is 30.5. The number of nitrogens with zero attached hydrogens (tertiary/aromatic N) is 5. The van der Waals surface area contributed by atoms with Crippen molar-refractivity contribution in [2.75, 3.05) is 0 Å². The maximum Gasteiger partial charge on any atom is 0.238 e. The van der Waals surface area contributed by atoms with Crippen LogP contribution in [0.25, 0.3) is 111 Å². The third kappa shape index (κ3) is 4.94. The average molecular weight is 730 g/mol. The van der Waals surface area contributed by atoms with Crippen molar-refractivity contribution < 1.29 is 4.42 Å². The largest absolute Gasteiger partial charge is 0.456 e. The highest BCUT2D eigenvalue weighted by Gasteiger charge is 2.21. The van der Waals surface area contributed by atoms with Crippen LogP contribution in [0, 0.1) is 0 Å². The van der Waals surface area contributed by atoms with E-state index in [4.69, 9.17) is 19.4 Å². The first kappa shape index (κ1) is 31.5. The van der Waals surface area contributed by atoms with Crippen LogP contribution in [0.2, 0.25) is 0 Å². The summed E-state index contributed by atoms with van der Waals surface area (Å²) in [5.74, 6) is 1.70. The highest BCUT2D eigenvalue weighted by Crippen LogP contribution is 2.40. The van der Waals surface area contributed by atoms with Crippen LogP contribution in [-0.2, 0) is 0 Å². The molecule has 6 nitrogen and oxygen atoms in total. The van der Waals surface area contributed by atoms with E-state index in [1.165, 1.54) is 5.39 Å². The first-order chi connectivity index (χ1) is 28.2. The number of hydrogen-bond donors (Lipinski definition) is 0. The van der Waals surface area contributed by atoms with Gasteiger partial charge in [0.1, 0.15) is 11.2 Å². The van der Waals surface area contributed by atoms with Crippen LogP contribution in [0.5, 0.6) is 0 Å².